The van der Waals surface area contributed by atoms with Gasteiger partial charge in [0.25, 0.3) is 11.9 Å². The Hall–Kier alpha value is -3.20. The number of anilines is 1. The van der Waals surface area contributed by atoms with Crippen LogP contribution in [0.1, 0.15) is 29.9 Å². The lowest BCUT2D eigenvalue weighted by Gasteiger charge is -2.61. The third-order valence-electron chi connectivity index (χ3n) is 6.38. The van der Waals surface area contributed by atoms with Crippen molar-refractivity contribution in [1.82, 2.24) is 4.98 Å². The van der Waals surface area contributed by atoms with Crippen LogP contribution in [0.25, 0.3) is 0 Å². The van der Waals surface area contributed by atoms with Gasteiger partial charge < -0.3 is 25.3 Å². The van der Waals surface area contributed by atoms with Crippen molar-refractivity contribution >= 4 is 17.6 Å². The molecule has 1 atom stereocenters. The molecule has 3 aliphatic heterocycles. The maximum absolute atomic E-state index is 13.1. The van der Waals surface area contributed by atoms with Crippen molar-refractivity contribution in [1.29, 1.82) is 0 Å². The summed E-state index contributed by atoms with van der Waals surface area (Å²) >= 11 is 0. The molecule has 1 aromatic carbocycles. The van der Waals surface area contributed by atoms with Gasteiger partial charge in [0, 0.05) is 11.3 Å². The normalized spacial score (nSPS) is 25.0. The van der Waals surface area contributed by atoms with Gasteiger partial charge in [0.1, 0.15) is 35.0 Å². The SMILES string of the molecule is CC1(C)Oc2ccc(NC(=O)c3ccc(F)cn3)cc2[C@@]2(COC(N)=N2)C12COC2. The minimum Gasteiger partial charge on any atom is -0.487 e. The molecule has 30 heavy (non-hydrogen) atoms. The van der Waals surface area contributed by atoms with E-state index in [1.807, 2.05) is 19.9 Å². The predicted octanol–water partition coefficient (Wildman–Crippen LogP) is 2.20. The van der Waals surface area contributed by atoms with Crippen LogP contribution in [-0.2, 0) is 15.0 Å². The number of nitrogens with one attached hydrogen (secondary N) is 1. The summed E-state index contributed by atoms with van der Waals surface area (Å²) in [5, 5.41) is 2.80. The molecule has 4 heterocycles. The summed E-state index contributed by atoms with van der Waals surface area (Å²) in [6, 6.07) is 7.98. The van der Waals surface area contributed by atoms with Gasteiger partial charge in [-0.3, -0.25) is 4.79 Å². The first-order valence-corrected chi connectivity index (χ1v) is 9.59. The van der Waals surface area contributed by atoms with Crippen molar-refractivity contribution in [3.63, 3.8) is 0 Å². The van der Waals surface area contributed by atoms with Crippen LogP contribution in [0.2, 0.25) is 0 Å². The Morgan fingerprint density at radius 2 is 2.00 bits per heavy atom. The average molecular weight is 412 g/mol. The topological polar surface area (TPSA) is 108 Å². The van der Waals surface area contributed by atoms with E-state index in [1.165, 1.54) is 12.1 Å². The first-order chi connectivity index (χ1) is 14.3. The number of benzene rings is 1. The number of carbonyl (C=O) groups is 1. The number of ether oxygens (including phenoxy) is 3. The molecule has 1 amide bonds. The number of amidine groups is 1. The number of hydrogen-bond acceptors (Lipinski definition) is 7. The summed E-state index contributed by atoms with van der Waals surface area (Å²) in [4.78, 5) is 21.1. The first kappa shape index (κ1) is 18.8. The number of amides is 1. The number of aliphatic imine (C=N–C) groups is 1. The highest BCUT2D eigenvalue weighted by Gasteiger charge is 2.71. The molecule has 3 N–H and O–H groups in total. The van der Waals surface area contributed by atoms with Crippen molar-refractivity contribution in [2.45, 2.75) is 25.0 Å². The second-order valence-corrected chi connectivity index (χ2v) is 8.31. The van der Waals surface area contributed by atoms with Crippen LogP contribution in [0.5, 0.6) is 5.75 Å². The Labute approximate surface area is 172 Å². The molecule has 0 radical (unpaired) electrons. The highest BCUT2D eigenvalue weighted by molar-refractivity contribution is 6.02. The molecule has 8 nitrogen and oxygen atoms in total. The maximum atomic E-state index is 13.1. The van der Waals surface area contributed by atoms with Gasteiger partial charge in [0.2, 0.25) is 0 Å². The zero-order valence-electron chi connectivity index (χ0n) is 16.6. The fourth-order valence-electron chi connectivity index (χ4n) is 4.56. The van der Waals surface area contributed by atoms with Crippen molar-refractivity contribution in [3.8, 4) is 5.75 Å². The molecular formula is C21H21FN4O4. The lowest BCUT2D eigenvalue weighted by atomic mass is 9.55. The third-order valence-corrected chi connectivity index (χ3v) is 6.38. The molecule has 0 saturated carbocycles. The zero-order chi connectivity index (χ0) is 21.1. The summed E-state index contributed by atoms with van der Waals surface area (Å²) in [7, 11) is 0. The summed E-state index contributed by atoms with van der Waals surface area (Å²) in [6.07, 6.45) is 1.00. The number of rotatable bonds is 2. The average Bonchev–Trinajstić information content (AvgIpc) is 3.03. The van der Waals surface area contributed by atoms with Gasteiger partial charge >= 0.3 is 0 Å². The first-order valence-electron chi connectivity index (χ1n) is 9.59. The smallest absolute Gasteiger partial charge is 0.283 e. The minimum absolute atomic E-state index is 0.108. The van der Waals surface area contributed by atoms with Crippen molar-refractivity contribution in [2.75, 3.05) is 25.1 Å². The van der Waals surface area contributed by atoms with E-state index in [-0.39, 0.29) is 18.3 Å². The molecular weight excluding hydrogens is 391 g/mol. The fraction of sp³-hybridized carbons (Fsp3) is 0.381. The van der Waals surface area contributed by atoms with Crippen molar-refractivity contribution in [2.24, 2.45) is 16.1 Å². The van der Waals surface area contributed by atoms with Gasteiger partial charge in [-0.1, -0.05) is 0 Å². The zero-order valence-corrected chi connectivity index (χ0v) is 16.6. The summed E-state index contributed by atoms with van der Waals surface area (Å²) in [5.41, 5.74) is 5.52. The van der Waals surface area contributed by atoms with Gasteiger partial charge in [0.15, 0.2) is 0 Å². The molecule has 0 aliphatic carbocycles. The number of halogens is 1. The number of aromatic nitrogens is 1. The van der Waals surface area contributed by atoms with Crippen LogP contribution in [0, 0.1) is 11.2 Å². The monoisotopic (exact) mass is 412 g/mol. The Balaban J connectivity index is 1.56. The second kappa shape index (κ2) is 6.15. The van der Waals surface area contributed by atoms with E-state index in [0.29, 0.717) is 24.7 Å². The van der Waals surface area contributed by atoms with E-state index >= 15 is 0 Å². The largest absolute Gasteiger partial charge is 0.487 e. The van der Waals surface area contributed by atoms with Crippen LogP contribution in [0.15, 0.2) is 41.5 Å². The molecule has 1 fully saturated rings. The third kappa shape index (κ3) is 2.44. The van der Waals surface area contributed by atoms with Crippen molar-refractivity contribution in [3.05, 3.63) is 53.6 Å². The van der Waals surface area contributed by atoms with E-state index in [2.05, 4.69) is 10.3 Å². The Bertz CT molecular complexity index is 1070. The highest BCUT2D eigenvalue weighted by Crippen LogP contribution is 2.62. The Morgan fingerprint density at radius 1 is 1.20 bits per heavy atom. The Morgan fingerprint density at radius 3 is 2.60 bits per heavy atom. The maximum Gasteiger partial charge on any atom is 0.283 e. The molecule has 9 heteroatoms. The van der Waals surface area contributed by atoms with Gasteiger partial charge in [-0.15, -0.1) is 0 Å². The number of hydrogen-bond donors (Lipinski definition) is 2. The lowest BCUT2D eigenvalue weighted by Crippen LogP contribution is -2.71. The molecule has 0 bridgehead atoms. The van der Waals surface area contributed by atoms with Crippen LogP contribution < -0.4 is 15.8 Å². The van der Waals surface area contributed by atoms with Gasteiger partial charge in [-0.25, -0.2) is 14.4 Å². The fourth-order valence-corrected chi connectivity index (χ4v) is 4.56. The van der Waals surface area contributed by atoms with E-state index in [0.717, 1.165) is 11.8 Å². The highest BCUT2D eigenvalue weighted by atomic mass is 19.1. The lowest BCUT2D eigenvalue weighted by molar-refractivity contribution is -0.247. The van der Waals surface area contributed by atoms with Gasteiger partial charge in [-0.2, -0.15) is 0 Å². The number of carbonyl (C=O) groups excluding carboxylic acids is 1. The molecule has 0 unspecified atom stereocenters. The second-order valence-electron chi connectivity index (χ2n) is 8.31. The molecule has 156 valence electrons. The Kier molecular flexibility index (Phi) is 3.85. The number of nitrogens with two attached hydrogens (primary N) is 1. The van der Waals surface area contributed by atoms with Crippen LogP contribution in [-0.4, -0.2) is 42.3 Å². The number of fused-ring (bicyclic) bond motifs is 3. The van der Waals surface area contributed by atoms with Gasteiger partial charge in [-0.05, 0) is 44.2 Å². The van der Waals surface area contributed by atoms with E-state index in [4.69, 9.17) is 24.9 Å². The number of nitrogens with zero attached hydrogens (tertiary/aromatic N) is 2. The number of pyridine rings is 1. The quantitative estimate of drug-likeness (QED) is 0.783. The van der Waals surface area contributed by atoms with Crippen LogP contribution in [0.3, 0.4) is 0 Å². The predicted molar refractivity (Wildman–Crippen MR) is 106 cm³/mol. The summed E-state index contributed by atoms with van der Waals surface area (Å²) in [5.74, 6) is -0.308. The van der Waals surface area contributed by atoms with E-state index in [1.54, 1.807) is 12.1 Å². The van der Waals surface area contributed by atoms with E-state index < -0.39 is 28.3 Å². The molecule has 3 aliphatic rings. The van der Waals surface area contributed by atoms with Crippen LogP contribution in [0.4, 0.5) is 10.1 Å². The minimum atomic E-state index is -0.790. The molecule has 1 saturated heterocycles. The standard InChI is InChI=1S/C21H21FN4O4/c1-19(2)20(9-28-10-20)21(11-29-18(23)26-21)14-7-13(4-6-16(14)30-19)25-17(27)15-5-3-12(22)8-24-15/h3-8H,9-11H2,1-2H3,(H2,23,26)(H,25,27)/t21-/m0/s1. The van der Waals surface area contributed by atoms with Crippen LogP contribution >= 0.6 is 0 Å². The van der Waals surface area contributed by atoms with Crippen molar-refractivity contribution < 1.29 is 23.4 Å². The molecule has 2 aromatic rings. The molecule has 1 aromatic heterocycles. The molecule has 5 rings (SSSR count). The molecule has 2 spiro atoms. The van der Waals surface area contributed by atoms with E-state index in [9.17, 15) is 9.18 Å². The summed E-state index contributed by atoms with van der Waals surface area (Å²) in [6.45, 7) is 5.20. The van der Waals surface area contributed by atoms with Gasteiger partial charge in [0.05, 0.1) is 24.8 Å². The summed E-state index contributed by atoms with van der Waals surface area (Å²) < 4.78 is 30.6.